The Kier molecular flexibility index (Phi) is 6.93. The number of halogens is 1. The summed E-state index contributed by atoms with van der Waals surface area (Å²) < 4.78 is 37.9. The number of aryl methyl sites for hydroxylation is 1. The number of amides is 1. The van der Waals surface area contributed by atoms with Crippen molar-refractivity contribution in [3.05, 3.63) is 82.9 Å². The molecule has 36 heavy (non-hydrogen) atoms. The lowest BCUT2D eigenvalue weighted by molar-refractivity contribution is 0.102. The van der Waals surface area contributed by atoms with Crippen molar-refractivity contribution in [1.82, 2.24) is 0 Å². The van der Waals surface area contributed by atoms with E-state index in [1.165, 1.54) is 19.2 Å². The van der Waals surface area contributed by atoms with E-state index in [0.29, 0.717) is 27.8 Å². The van der Waals surface area contributed by atoms with Crippen LogP contribution in [0.3, 0.4) is 0 Å². The van der Waals surface area contributed by atoms with E-state index in [9.17, 15) is 22.9 Å². The van der Waals surface area contributed by atoms with Crippen LogP contribution >= 0.6 is 11.6 Å². The normalized spacial score (nSPS) is 11.7. The molecule has 0 atom stereocenters. The van der Waals surface area contributed by atoms with Crippen LogP contribution in [0.1, 0.15) is 15.9 Å². The molecular weight excluding hydrogens is 506 g/mol. The highest BCUT2D eigenvalue weighted by atomic mass is 35.5. The van der Waals surface area contributed by atoms with E-state index >= 15 is 0 Å². The third-order valence-corrected chi connectivity index (χ3v) is 6.83. The molecular formula is C25H20ClN3O6S. The molecule has 3 N–H and O–H groups in total. The van der Waals surface area contributed by atoms with Gasteiger partial charge >= 0.3 is 0 Å². The summed E-state index contributed by atoms with van der Waals surface area (Å²) in [5.74, 6) is -0.362. The van der Waals surface area contributed by atoms with Gasteiger partial charge in [-0.05, 0) is 60.3 Å². The molecule has 0 bridgehead atoms. The summed E-state index contributed by atoms with van der Waals surface area (Å²) in [7, 11) is -3.07. The third kappa shape index (κ3) is 5.15. The van der Waals surface area contributed by atoms with Crippen LogP contribution in [0.2, 0.25) is 5.02 Å². The number of benzene rings is 4. The van der Waals surface area contributed by atoms with Crippen LogP contribution < -0.4 is 10.1 Å². The van der Waals surface area contributed by atoms with E-state index in [2.05, 4.69) is 15.5 Å². The molecule has 0 radical (unpaired) electrons. The van der Waals surface area contributed by atoms with Gasteiger partial charge in [0.2, 0.25) is 0 Å². The number of azo groups is 1. The SMILES string of the molecule is COc1ccc(NC(=O)c2cc3ccccc3c(N=Nc3cc(C)c(Cl)c(S(=O)(=O)O)c3)c2O)cc1. The summed E-state index contributed by atoms with van der Waals surface area (Å²) in [5, 5.41) is 22.9. The van der Waals surface area contributed by atoms with Gasteiger partial charge in [-0.1, -0.05) is 35.9 Å². The molecule has 11 heteroatoms. The Hall–Kier alpha value is -3.99. The second-order valence-corrected chi connectivity index (χ2v) is 9.54. The molecule has 4 rings (SSSR count). The van der Waals surface area contributed by atoms with Gasteiger partial charge in [0.05, 0.1) is 23.4 Å². The molecule has 0 aliphatic carbocycles. The Balaban J connectivity index is 1.78. The molecule has 0 heterocycles. The number of anilines is 1. The van der Waals surface area contributed by atoms with E-state index in [1.54, 1.807) is 55.5 Å². The Morgan fingerprint density at radius 3 is 2.39 bits per heavy atom. The van der Waals surface area contributed by atoms with Crippen LogP contribution in [-0.4, -0.2) is 31.1 Å². The Morgan fingerprint density at radius 1 is 1.03 bits per heavy atom. The van der Waals surface area contributed by atoms with E-state index < -0.39 is 26.7 Å². The van der Waals surface area contributed by atoms with Gasteiger partial charge in [-0.3, -0.25) is 9.35 Å². The number of hydrogen-bond donors (Lipinski definition) is 3. The minimum Gasteiger partial charge on any atom is -0.505 e. The van der Waals surface area contributed by atoms with Gasteiger partial charge in [0.25, 0.3) is 16.0 Å². The molecule has 184 valence electrons. The summed E-state index contributed by atoms with van der Waals surface area (Å²) in [4.78, 5) is 12.5. The standard InChI is InChI=1S/C25H20ClN3O6S/c1-14-11-17(13-21(22(14)26)36(32,33)34)28-29-23-19-6-4-3-5-15(19)12-20(24(23)30)25(31)27-16-7-9-18(35-2)10-8-16/h3-13,30H,1-2H3,(H,27,31)(H,32,33,34). The van der Waals surface area contributed by atoms with E-state index in [4.69, 9.17) is 16.3 Å². The van der Waals surface area contributed by atoms with Gasteiger partial charge in [-0.15, -0.1) is 5.11 Å². The number of nitrogens with one attached hydrogen (secondary N) is 1. The largest absolute Gasteiger partial charge is 0.505 e. The van der Waals surface area contributed by atoms with E-state index in [-0.39, 0.29) is 22.0 Å². The lowest BCUT2D eigenvalue weighted by Gasteiger charge is -2.11. The second-order valence-electron chi connectivity index (χ2n) is 7.77. The summed E-state index contributed by atoms with van der Waals surface area (Å²) in [5.41, 5.74) is 0.882. The average Bonchev–Trinajstić information content (AvgIpc) is 2.84. The van der Waals surface area contributed by atoms with E-state index in [0.717, 1.165) is 6.07 Å². The number of fused-ring (bicyclic) bond motifs is 1. The quantitative estimate of drug-likeness (QED) is 0.196. The van der Waals surface area contributed by atoms with Gasteiger partial charge in [0, 0.05) is 11.1 Å². The minimum absolute atomic E-state index is 0.00832. The van der Waals surface area contributed by atoms with Crippen LogP contribution in [0.4, 0.5) is 17.1 Å². The van der Waals surface area contributed by atoms with Crippen LogP contribution in [0.5, 0.6) is 11.5 Å². The number of carbonyl (C=O) groups is 1. The number of rotatable bonds is 6. The predicted molar refractivity (Wildman–Crippen MR) is 137 cm³/mol. The molecule has 0 unspecified atom stereocenters. The second kappa shape index (κ2) is 9.94. The zero-order chi connectivity index (χ0) is 26.0. The lowest BCUT2D eigenvalue weighted by atomic mass is 10.0. The van der Waals surface area contributed by atoms with Crippen molar-refractivity contribution in [2.45, 2.75) is 11.8 Å². The first-order valence-corrected chi connectivity index (χ1v) is 12.3. The first-order valence-electron chi connectivity index (χ1n) is 10.5. The van der Waals surface area contributed by atoms with Gasteiger partial charge in [0.15, 0.2) is 5.75 Å². The fraction of sp³-hybridized carbons (Fsp3) is 0.0800. The van der Waals surface area contributed by atoms with Crippen LogP contribution in [0.15, 0.2) is 81.9 Å². The zero-order valence-electron chi connectivity index (χ0n) is 19.1. The molecule has 9 nitrogen and oxygen atoms in total. The third-order valence-electron chi connectivity index (χ3n) is 5.34. The van der Waals surface area contributed by atoms with Gasteiger partial charge in [0.1, 0.15) is 16.3 Å². The molecule has 0 aliphatic rings. The minimum atomic E-state index is -4.60. The van der Waals surface area contributed by atoms with Crippen molar-refractivity contribution in [1.29, 1.82) is 0 Å². The number of nitrogens with zero attached hydrogens (tertiary/aromatic N) is 2. The van der Waals surface area contributed by atoms with Crippen LogP contribution in [-0.2, 0) is 10.1 Å². The number of carbonyl (C=O) groups excluding carboxylic acids is 1. The van der Waals surface area contributed by atoms with Crippen molar-refractivity contribution in [2.24, 2.45) is 10.2 Å². The van der Waals surface area contributed by atoms with Gasteiger partial charge in [-0.25, -0.2) is 0 Å². The highest BCUT2D eigenvalue weighted by molar-refractivity contribution is 7.86. The fourth-order valence-corrected chi connectivity index (χ4v) is 4.60. The molecule has 0 spiro atoms. The lowest BCUT2D eigenvalue weighted by Crippen LogP contribution is -2.12. The summed E-state index contributed by atoms with van der Waals surface area (Å²) >= 11 is 6.01. The highest BCUT2D eigenvalue weighted by Gasteiger charge is 2.20. The maximum Gasteiger partial charge on any atom is 0.296 e. The number of hydrogen-bond acceptors (Lipinski definition) is 7. The fourth-order valence-electron chi connectivity index (χ4n) is 3.54. The summed E-state index contributed by atoms with van der Waals surface area (Å²) in [6.07, 6.45) is 0. The molecule has 0 fully saturated rings. The molecule has 0 aliphatic heterocycles. The number of ether oxygens (including phenoxy) is 1. The number of phenols is 1. The summed E-state index contributed by atoms with van der Waals surface area (Å²) in [6, 6.07) is 17.7. The van der Waals surface area contributed by atoms with Crippen molar-refractivity contribution in [3.63, 3.8) is 0 Å². The van der Waals surface area contributed by atoms with E-state index in [1.807, 2.05) is 0 Å². The highest BCUT2D eigenvalue weighted by Crippen LogP contribution is 2.40. The van der Waals surface area contributed by atoms with Crippen molar-refractivity contribution in [3.8, 4) is 11.5 Å². The Morgan fingerprint density at radius 2 is 1.72 bits per heavy atom. The Labute approximate surface area is 211 Å². The monoisotopic (exact) mass is 525 g/mol. The topological polar surface area (TPSA) is 138 Å². The summed E-state index contributed by atoms with van der Waals surface area (Å²) in [6.45, 7) is 1.55. The van der Waals surface area contributed by atoms with Gasteiger partial charge < -0.3 is 15.2 Å². The molecule has 0 aromatic heterocycles. The molecule has 0 saturated carbocycles. The molecule has 4 aromatic rings. The van der Waals surface area contributed by atoms with Crippen LogP contribution in [0.25, 0.3) is 10.8 Å². The number of phenolic OH excluding ortho intramolecular Hbond substituents is 1. The van der Waals surface area contributed by atoms with Crippen molar-refractivity contribution < 1.29 is 27.6 Å². The van der Waals surface area contributed by atoms with Crippen molar-refractivity contribution in [2.75, 3.05) is 12.4 Å². The van der Waals surface area contributed by atoms with Crippen LogP contribution in [0, 0.1) is 6.92 Å². The maximum absolute atomic E-state index is 13.0. The molecule has 0 saturated heterocycles. The first-order chi connectivity index (χ1) is 17.1. The maximum atomic E-state index is 13.0. The molecule has 4 aromatic carbocycles. The first kappa shape index (κ1) is 25.1. The van der Waals surface area contributed by atoms with Gasteiger partial charge in [-0.2, -0.15) is 13.5 Å². The predicted octanol–water partition coefficient (Wildman–Crippen LogP) is 6.43. The molecule has 1 amide bonds. The zero-order valence-corrected chi connectivity index (χ0v) is 20.6. The smallest absolute Gasteiger partial charge is 0.296 e. The number of aromatic hydroxyl groups is 1. The number of methoxy groups -OCH3 is 1. The Bertz CT molecular complexity index is 1620. The van der Waals surface area contributed by atoms with Crippen molar-refractivity contribution >= 4 is 55.5 Å². The average molecular weight is 526 g/mol.